The number of carbonyl (C=O) groups excluding carboxylic acids is 1. The standard InChI is InChI=1S/C14H21FN2O2/c1-11(16-2)6-7-12(8-9-15)17-10-4-3-5-13(18)14(17)19/h6-9,13,16,18H,3-5,10H2,1-2H3/b9-8+,11-6+,12-7+. The van der Waals surface area contributed by atoms with Gasteiger partial charge in [-0.3, -0.25) is 4.79 Å². The number of carbonyl (C=O) groups is 1. The van der Waals surface area contributed by atoms with Crippen LogP contribution in [-0.2, 0) is 4.79 Å². The average Bonchev–Trinajstić information content (AvgIpc) is 2.57. The van der Waals surface area contributed by atoms with Crippen molar-refractivity contribution in [2.24, 2.45) is 0 Å². The molecule has 1 atom stereocenters. The number of aliphatic hydroxyl groups is 1. The third kappa shape index (κ3) is 4.52. The molecule has 0 aromatic carbocycles. The lowest BCUT2D eigenvalue weighted by molar-refractivity contribution is -0.137. The van der Waals surface area contributed by atoms with Crippen molar-refractivity contribution in [2.45, 2.75) is 32.3 Å². The highest BCUT2D eigenvalue weighted by Crippen LogP contribution is 2.18. The van der Waals surface area contributed by atoms with Gasteiger partial charge in [-0.25, -0.2) is 4.39 Å². The molecular formula is C14H21FN2O2. The summed E-state index contributed by atoms with van der Waals surface area (Å²) in [6.45, 7) is 2.37. The molecule has 106 valence electrons. The van der Waals surface area contributed by atoms with Gasteiger partial charge in [0.15, 0.2) is 0 Å². The zero-order chi connectivity index (χ0) is 14.3. The maximum atomic E-state index is 12.5. The molecule has 0 aliphatic carbocycles. The summed E-state index contributed by atoms with van der Waals surface area (Å²) in [7, 11) is 1.78. The number of amides is 1. The van der Waals surface area contributed by atoms with Crippen LogP contribution in [0.2, 0.25) is 0 Å². The van der Waals surface area contributed by atoms with Crippen molar-refractivity contribution in [1.82, 2.24) is 10.2 Å². The van der Waals surface area contributed by atoms with Crippen molar-refractivity contribution in [2.75, 3.05) is 13.6 Å². The van der Waals surface area contributed by atoms with E-state index in [4.69, 9.17) is 0 Å². The van der Waals surface area contributed by atoms with Gasteiger partial charge in [-0.05, 0) is 44.4 Å². The molecule has 1 amide bonds. The fourth-order valence-electron chi connectivity index (χ4n) is 1.87. The van der Waals surface area contributed by atoms with Crippen molar-refractivity contribution in [1.29, 1.82) is 0 Å². The molecule has 4 nitrogen and oxygen atoms in total. The molecule has 0 radical (unpaired) electrons. The first-order chi connectivity index (χ1) is 9.10. The number of hydrogen-bond donors (Lipinski definition) is 2. The SMILES string of the molecule is CN/C(C)=C/C=C(\C=C\F)N1CCCCC(O)C1=O. The molecule has 5 heteroatoms. The quantitative estimate of drug-likeness (QED) is 0.765. The van der Waals surface area contributed by atoms with Crippen molar-refractivity contribution < 1.29 is 14.3 Å². The lowest BCUT2D eigenvalue weighted by Gasteiger charge is -2.23. The zero-order valence-electron chi connectivity index (χ0n) is 11.4. The van der Waals surface area contributed by atoms with Crippen LogP contribution in [0, 0.1) is 0 Å². The Kier molecular flexibility index (Phi) is 6.29. The summed E-state index contributed by atoms with van der Waals surface area (Å²) in [5.74, 6) is -0.364. The topological polar surface area (TPSA) is 52.6 Å². The smallest absolute Gasteiger partial charge is 0.255 e. The van der Waals surface area contributed by atoms with E-state index in [1.807, 2.05) is 6.92 Å². The molecule has 19 heavy (non-hydrogen) atoms. The Hall–Kier alpha value is -1.62. The molecule has 1 aliphatic rings. The lowest BCUT2D eigenvalue weighted by Crippen LogP contribution is -2.36. The van der Waals surface area contributed by atoms with Crippen LogP contribution in [0.15, 0.2) is 36.0 Å². The van der Waals surface area contributed by atoms with E-state index in [9.17, 15) is 14.3 Å². The van der Waals surface area contributed by atoms with Gasteiger partial charge in [0.25, 0.3) is 5.91 Å². The third-order valence-corrected chi connectivity index (χ3v) is 3.10. The van der Waals surface area contributed by atoms with Crippen LogP contribution in [0.5, 0.6) is 0 Å². The molecule has 0 saturated carbocycles. The van der Waals surface area contributed by atoms with Crippen molar-refractivity contribution in [3.8, 4) is 0 Å². The van der Waals surface area contributed by atoms with Crippen molar-refractivity contribution >= 4 is 5.91 Å². The Morgan fingerprint density at radius 1 is 1.47 bits per heavy atom. The van der Waals surface area contributed by atoms with Crippen LogP contribution < -0.4 is 5.32 Å². The van der Waals surface area contributed by atoms with E-state index in [0.717, 1.165) is 18.5 Å². The minimum atomic E-state index is -0.992. The van der Waals surface area contributed by atoms with E-state index >= 15 is 0 Å². The van der Waals surface area contributed by atoms with E-state index in [1.165, 1.54) is 11.0 Å². The molecule has 1 rings (SSSR count). The van der Waals surface area contributed by atoms with Gasteiger partial charge >= 0.3 is 0 Å². The van der Waals surface area contributed by atoms with Crippen molar-refractivity contribution in [3.05, 3.63) is 36.0 Å². The van der Waals surface area contributed by atoms with Gasteiger partial charge in [0.05, 0.1) is 6.33 Å². The Labute approximate surface area is 113 Å². The molecular weight excluding hydrogens is 247 g/mol. The van der Waals surface area contributed by atoms with Crippen LogP contribution in [0.4, 0.5) is 4.39 Å². The summed E-state index contributed by atoms with van der Waals surface area (Å²) >= 11 is 0. The monoisotopic (exact) mass is 268 g/mol. The highest BCUT2D eigenvalue weighted by atomic mass is 19.1. The fourth-order valence-corrected chi connectivity index (χ4v) is 1.87. The Bertz CT molecular complexity index is 402. The van der Waals surface area contributed by atoms with Crippen LogP contribution >= 0.6 is 0 Å². The maximum Gasteiger partial charge on any atom is 0.255 e. The second-order valence-corrected chi connectivity index (χ2v) is 4.49. The molecule has 1 fully saturated rings. The van der Waals surface area contributed by atoms with Crippen molar-refractivity contribution in [3.63, 3.8) is 0 Å². The average molecular weight is 268 g/mol. The number of aliphatic hydroxyl groups excluding tert-OH is 1. The van der Waals surface area contributed by atoms with Gasteiger partial charge in [-0.2, -0.15) is 0 Å². The van der Waals surface area contributed by atoms with E-state index in [1.54, 1.807) is 19.2 Å². The predicted molar refractivity (Wildman–Crippen MR) is 72.7 cm³/mol. The summed E-state index contributed by atoms with van der Waals surface area (Å²) in [4.78, 5) is 13.5. The van der Waals surface area contributed by atoms with Crippen LogP contribution in [-0.4, -0.2) is 35.6 Å². The molecule has 1 heterocycles. The first-order valence-corrected chi connectivity index (χ1v) is 6.42. The molecule has 0 spiro atoms. The first-order valence-electron chi connectivity index (χ1n) is 6.42. The van der Waals surface area contributed by atoms with Gasteiger partial charge in [0.1, 0.15) is 6.10 Å². The van der Waals surface area contributed by atoms with Gasteiger partial charge in [-0.15, -0.1) is 0 Å². The van der Waals surface area contributed by atoms with E-state index in [-0.39, 0.29) is 5.91 Å². The number of nitrogens with zero attached hydrogens (tertiary/aromatic N) is 1. The zero-order valence-corrected chi connectivity index (χ0v) is 11.4. The van der Waals surface area contributed by atoms with Gasteiger partial charge in [0, 0.05) is 25.0 Å². The van der Waals surface area contributed by atoms with E-state index in [2.05, 4.69) is 5.32 Å². The van der Waals surface area contributed by atoms with Crippen LogP contribution in [0.25, 0.3) is 0 Å². The number of rotatable bonds is 4. The highest BCUT2D eigenvalue weighted by molar-refractivity contribution is 5.83. The minimum absolute atomic E-state index is 0.364. The number of likely N-dealkylation sites (tertiary alicyclic amines) is 1. The molecule has 0 aromatic rings. The summed E-state index contributed by atoms with van der Waals surface area (Å²) in [6.07, 6.45) is 6.13. The van der Waals surface area contributed by atoms with Gasteiger partial charge in [0.2, 0.25) is 0 Å². The summed E-state index contributed by atoms with van der Waals surface area (Å²) < 4.78 is 12.5. The first kappa shape index (κ1) is 15.4. The van der Waals surface area contributed by atoms with Crippen LogP contribution in [0.3, 0.4) is 0 Å². The normalized spacial score (nSPS) is 22.8. The number of halogens is 1. The number of nitrogens with one attached hydrogen (secondary N) is 1. The van der Waals surface area contributed by atoms with E-state index < -0.39 is 6.10 Å². The van der Waals surface area contributed by atoms with Crippen LogP contribution in [0.1, 0.15) is 26.2 Å². The summed E-state index contributed by atoms with van der Waals surface area (Å²) in [5.41, 5.74) is 1.34. The minimum Gasteiger partial charge on any atom is -0.392 e. The summed E-state index contributed by atoms with van der Waals surface area (Å²) in [5, 5.41) is 12.6. The predicted octanol–water partition coefficient (Wildman–Crippen LogP) is 1.85. The molecule has 1 aliphatic heterocycles. The van der Waals surface area contributed by atoms with Gasteiger partial charge in [-0.1, -0.05) is 0 Å². The largest absolute Gasteiger partial charge is 0.392 e. The lowest BCUT2D eigenvalue weighted by atomic mass is 10.2. The summed E-state index contributed by atoms with van der Waals surface area (Å²) in [6, 6.07) is 0. The second-order valence-electron chi connectivity index (χ2n) is 4.49. The van der Waals surface area contributed by atoms with E-state index in [0.29, 0.717) is 25.0 Å². The second kappa shape index (κ2) is 7.74. The van der Waals surface area contributed by atoms with Gasteiger partial charge < -0.3 is 15.3 Å². The third-order valence-electron chi connectivity index (χ3n) is 3.10. The number of hydrogen-bond acceptors (Lipinski definition) is 3. The molecule has 0 aromatic heterocycles. The maximum absolute atomic E-state index is 12.5. The molecule has 1 saturated heterocycles. The Morgan fingerprint density at radius 2 is 2.21 bits per heavy atom. The number of allylic oxidation sites excluding steroid dienone is 4. The fraction of sp³-hybridized carbons (Fsp3) is 0.500. The molecule has 0 bridgehead atoms. The molecule has 1 unspecified atom stereocenters. The highest BCUT2D eigenvalue weighted by Gasteiger charge is 2.26. The Balaban J connectivity index is 3.00. The Morgan fingerprint density at radius 3 is 2.84 bits per heavy atom. The molecule has 2 N–H and O–H groups in total.